The summed E-state index contributed by atoms with van der Waals surface area (Å²) in [6.07, 6.45) is -0.119. The molecule has 0 bridgehead atoms. The molecule has 0 amide bonds. The van der Waals surface area contributed by atoms with E-state index in [1.165, 1.54) is 12.1 Å². The molecule has 0 saturated carbocycles. The third-order valence-corrected chi connectivity index (χ3v) is 2.92. The van der Waals surface area contributed by atoms with E-state index in [2.05, 4.69) is 25.8 Å². The minimum absolute atomic E-state index is 0.119. The number of nitrogens with zero attached hydrogens (tertiary/aromatic N) is 3. The molecule has 124 valence electrons. The third kappa shape index (κ3) is 5.57. The van der Waals surface area contributed by atoms with Crippen LogP contribution < -0.4 is 15.4 Å². The summed E-state index contributed by atoms with van der Waals surface area (Å²) in [5.74, 6) is 2.00. The van der Waals surface area contributed by atoms with E-state index in [9.17, 15) is 4.39 Å². The van der Waals surface area contributed by atoms with Gasteiger partial charge in [-0.05, 0) is 31.2 Å². The van der Waals surface area contributed by atoms with E-state index in [-0.39, 0.29) is 11.9 Å². The van der Waals surface area contributed by atoms with Gasteiger partial charge in [0.05, 0.1) is 13.1 Å². The molecule has 2 N–H and O–H groups in total. The van der Waals surface area contributed by atoms with Crippen LogP contribution in [0.5, 0.6) is 5.75 Å². The van der Waals surface area contributed by atoms with Gasteiger partial charge in [-0.3, -0.25) is 4.99 Å². The predicted octanol–water partition coefficient (Wildman–Crippen LogP) is 1.65. The summed E-state index contributed by atoms with van der Waals surface area (Å²) in [4.78, 5) is 8.20. The van der Waals surface area contributed by atoms with Crippen LogP contribution in [0, 0.1) is 12.7 Å². The van der Waals surface area contributed by atoms with Crippen molar-refractivity contribution in [1.82, 2.24) is 20.8 Å². The van der Waals surface area contributed by atoms with E-state index >= 15 is 0 Å². The number of rotatable bonds is 6. The van der Waals surface area contributed by atoms with Crippen LogP contribution >= 0.6 is 0 Å². The van der Waals surface area contributed by atoms with E-state index < -0.39 is 0 Å². The van der Waals surface area contributed by atoms with E-state index in [1.807, 2.05) is 6.92 Å². The molecule has 0 aliphatic rings. The first-order chi connectivity index (χ1) is 11.1. The Hall–Kier alpha value is -2.64. The number of ether oxygens (including phenoxy) is 1. The van der Waals surface area contributed by atoms with Crippen molar-refractivity contribution >= 4 is 5.96 Å². The molecule has 8 heteroatoms. The number of aliphatic imine (C=N–C) groups is 1. The normalized spacial score (nSPS) is 12.8. The number of aryl methyl sites for hydroxylation is 1. The Balaban J connectivity index is 1.75. The van der Waals surface area contributed by atoms with E-state index in [1.54, 1.807) is 26.1 Å². The summed E-state index contributed by atoms with van der Waals surface area (Å²) in [6.45, 7) is 4.58. The zero-order valence-corrected chi connectivity index (χ0v) is 13.3. The van der Waals surface area contributed by atoms with Crippen molar-refractivity contribution in [1.29, 1.82) is 0 Å². The van der Waals surface area contributed by atoms with E-state index in [0.29, 0.717) is 36.5 Å². The lowest BCUT2D eigenvalue weighted by Gasteiger charge is -2.17. The Labute approximate surface area is 134 Å². The van der Waals surface area contributed by atoms with Crippen molar-refractivity contribution in [2.24, 2.45) is 4.99 Å². The molecule has 0 aliphatic carbocycles. The monoisotopic (exact) mass is 321 g/mol. The van der Waals surface area contributed by atoms with Crippen LogP contribution in [0.15, 0.2) is 33.8 Å². The number of hydrogen-bond donors (Lipinski definition) is 2. The van der Waals surface area contributed by atoms with Crippen molar-refractivity contribution in [3.63, 3.8) is 0 Å². The summed E-state index contributed by atoms with van der Waals surface area (Å²) in [5, 5.41) is 10.00. The molecule has 1 aromatic carbocycles. The Kier molecular flexibility index (Phi) is 5.90. The fourth-order valence-corrected chi connectivity index (χ4v) is 1.82. The fourth-order valence-electron chi connectivity index (χ4n) is 1.82. The van der Waals surface area contributed by atoms with Crippen molar-refractivity contribution in [2.75, 3.05) is 13.6 Å². The largest absolute Gasteiger partial charge is 0.489 e. The second-order valence-electron chi connectivity index (χ2n) is 4.92. The number of benzene rings is 1. The summed E-state index contributed by atoms with van der Waals surface area (Å²) in [5.41, 5.74) is 0. The first-order valence-electron chi connectivity index (χ1n) is 7.22. The van der Waals surface area contributed by atoms with Gasteiger partial charge in [-0.1, -0.05) is 5.16 Å². The molecule has 0 aliphatic heterocycles. The fraction of sp³-hybridized carbons (Fsp3) is 0.400. The van der Waals surface area contributed by atoms with E-state index in [0.717, 1.165) is 0 Å². The molecule has 1 heterocycles. The average molecular weight is 321 g/mol. The van der Waals surface area contributed by atoms with Gasteiger partial charge >= 0.3 is 0 Å². The molecule has 2 aromatic rings. The standard InChI is InChI=1S/C15H20FN5O2/c1-10(22-13-6-4-12(16)5-7-13)8-18-15(17-3)19-9-14-20-11(2)23-21-14/h4-7,10H,8-9H2,1-3H3,(H2,17,18,19). The summed E-state index contributed by atoms with van der Waals surface area (Å²) < 4.78 is 23.4. The second-order valence-corrected chi connectivity index (χ2v) is 4.92. The first-order valence-corrected chi connectivity index (χ1v) is 7.22. The summed E-state index contributed by atoms with van der Waals surface area (Å²) in [6, 6.07) is 5.92. The van der Waals surface area contributed by atoms with E-state index in [4.69, 9.17) is 9.26 Å². The molecular formula is C15H20FN5O2. The van der Waals surface area contributed by atoms with Crippen molar-refractivity contribution in [3.8, 4) is 5.75 Å². The number of guanidine groups is 1. The zero-order chi connectivity index (χ0) is 16.7. The molecule has 23 heavy (non-hydrogen) atoms. The van der Waals surface area contributed by atoms with Gasteiger partial charge in [0.15, 0.2) is 11.8 Å². The van der Waals surface area contributed by atoms with Crippen LogP contribution in [-0.2, 0) is 6.54 Å². The number of nitrogens with one attached hydrogen (secondary N) is 2. The number of halogens is 1. The number of aromatic nitrogens is 2. The maximum atomic E-state index is 12.8. The molecule has 0 fully saturated rings. The molecule has 0 spiro atoms. The maximum Gasteiger partial charge on any atom is 0.223 e. The Morgan fingerprint density at radius 3 is 2.70 bits per heavy atom. The van der Waals surface area contributed by atoms with Crippen LogP contribution in [0.25, 0.3) is 0 Å². The highest BCUT2D eigenvalue weighted by Gasteiger charge is 2.07. The highest BCUT2D eigenvalue weighted by Crippen LogP contribution is 2.12. The second kappa shape index (κ2) is 8.11. The summed E-state index contributed by atoms with van der Waals surface area (Å²) >= 11 is 0. The minimum atomic E-state index is -0.288. The van der Waals surface area contributed by atoms with Gasteiger partial charge < -0.3 is 19.9 Å². The van der Waals surface area contributed by atoms with Crippen LogP contribution in [-0.4, -0.2) is 35.8 Å². The van der Waals surface area contributed by atoms with Gasteiger partial charge in [-0.25, -0.2) is 4.39 Å². The molecule has 1 unspecified atom stereocenters. The topological polar surface area (TPSA) is 84.6 Å². The SMILES string of the molecule is CN=C(NCc1noc(C)n1)NCC(C)Oc1ccc(F)cc1. The van der Waals surface area contributed by atoms with Gasteiger partial charge in [0.1, 0.15) is 17.7 Å². The minimum Gasteiger partial charge on any atom is -0.489 e. The highest BCUT2D eigenvalue weighted by atomic mass is 19.1. The Morgan fingerprint density at radius 2 is 2.09 bits per heavy atom. The zero-order valence-electron chi connectivity index (χ0n) is 13.3. The quantitative estimate of drug-likeness (QED) is 0.622. The number of hydrogen-bond acceptors (Lipinski definition) is 5. The average Bonchev–Trinajstić information content (AvgIpc) is 2.95. The van der Waals surface area contributed by atoms with Crippen LogP contribution in [0.4, 0.5) is 4.39 Å². The van der Waals surface area contributed by atoms with Crippen molar-refractivity contribution in [3.05, 3.63) is 41.8 Å². The van der Waals surface area contributed by atoms with Crippen molar-refractivity contribution in [2.45, 2.75) is 26.5 Å². The maximum absolute atomic E-state index is 12.8. The Morgan fingerprint density at radius 1 is 1.35 bits per heavy atom. The van der Waals surface area contributed by atoms with Crippen LogP contribution in [0.3, 0.4) is 0 Å². The van der Waals surface area contributed by atoms with Gasteiger partial charge in [0.25, 0.3) is 0 Å². The lowest BCUT2D eigenvalue weighted by atomic mass is 10.3. The van der Waals surface area contributed by atoms with Gasteiger partial charge in [-0.2, -0.15) is 4.98 Å². The predicted molar refractivity (Wildman–Crippen MR) is 83.7 cm³/mol. The summed E-state index contributed by atoms with van der Waals surface area (Å²) in [7, 11) is 1.67. The van der Waals surface area contributed by atoms with Crippen LogP contribution in [0.1, 0.15) is 18.6 Å². The third-order valence-electron chi connectivity index (χ3n) is 2.92. The molecular weight excluding hydrogens is 301 g/mol. The molecule has 1 atom stereocenters. The first kappa shape index (κ1) is 16.7. The smallest absolute Gasteiger partial charge is 0.223 e. The molecule has 0 saturated heterocycles. The molecule has 7 nitrogen and oxygen atoms in total. The molecule has 0 radical (unpaired) electrons. The van der Waals surface area contributed by atoms with Crippen molar-refractivity contribution < 1.29 is 13.7 Å². The Bertz CT molecular complexity index is 642. The van der Waals surface area contributed by atoms with Crippen LogP contribution in [0.2, 0.25) is 0 Å². The van der Waals surface area contributed by atoms with Gasteiger partial charge in [0.2, 0.25) is 5.89 Å². The lowest BCUT2D eigenvalue weighted by Crippen LogP contribution is -2.41. The highest BCUT2D eigenvalue weighted by molar-refractivity contribution is 5.79. The molecule has 2 rings (SSSR count). The molecule has 1 aromatic heterocycles. The van der Waals surface area contributed by atoms with Gasteiger partial charge in [0, 0.05) is 14.0 Å². The lowest BCUT2D eigenvalue weighted by molar-refractivity contribution is 0.223. The van der Waals surface area contributed by atoms with Gasteiger partial charge in [-0.15, -0.1) is 0 Å².